The van der Waals surface area contributed by atoms with Crippen LogP contribution in [0.15, 0.2) is 78.2 Å². The molecule has 0 saturated heterocycles. The van der Waals surface area contributed by atoms with Crippen LogP contribution in [0.4, 0.5) is 0 Å². The minimum Gasteiger partial charge on any atom is -0.457 e. The van der Waals surface area contributed by atoms with Gasteiger partial charge in [0.15, 0.2) is 0 Å². The second kappa shape index (κ2) is 10.6. The van der Waals surface area contributed by atoms with Crippen LogP contribution in [0.5, 0.6) is 11.5 Å². The minimum absolute atomic E-state index is 0.193. The zero-order valence-corrected chi connectivity index (χ0v) is 19.4. The number of nitrogens with one attached hydrogen (secondary N) is 1. The second-order valence-corrected chi connectivity index (χ2v) is 8.83. The van der Waals surface area contributed by atoms with Gasteiger partial charge in [0.05, 0.1) is 5.01 Å². The maximum Gasteiger partial charge on any atom is 0.270 e. The lowest BCUT2D eigenvalue weighted by atomic mass is 10.1. The van der Waals surface area contributed by atoms with E-state index in [0.29, 0.717) is 35.1 Å². The van der Waals surface area contributed by atoms with Gasteiger partial charge in [-0.15, -0.1) is 11.3 Å². The Morgan fingerprint density at radius 3 is 2.31 bits per heavy atom. The fourth-order valence-corrected chi connectivity index (χ4v) is 4.43. The molecule has 3 aromatic carbocycles. The molecule has 0 radical (unpaired) electrons. The Hall–Kier alpha value is -2.86. The number of carbonyl (C=O) groups is 1. The average Bonchev–Trinajstić information content (AvgIpc) is 3.27. The van der Waals surface area contributed by atoms with Crippen LogP contribution in [0.3, 0.4) is 0 Å². The number of aromatic nitrogens is 1. The topological polar surface area (TPSA) is 51.2 Å². The molecule has 0 aliphatic carbocycles. The summed E-state index contributed by atoms with van der Waals surface area (Å²) >= 11 is 13.9. The lowest BCUT2D eigenvalue weighted by molar-refractivity contribution is 0.0949. The number of hydrogen-bond donors (Lipinski definition) is 1. The van der Waals surface area contributed by atoms with E-state index in [0.717, 1.165) is 27.6 Å². The molecule has 0 spiro atoms. The van der Waals surface area contributed by atoms with Crippen molar-refractivity contribution < 1.29 is 9.53 Å². The number of hydrogen-bond acceptors (Lipinski definition) is 4. The van der Waals surface area contributed by atoms with Crippen molar-refractivity contribution in [2.24, 2.45) is 0 Å². The lowest BCUT2D eigenvalue weighted by Crippen LogP contribution is -2.26. The normalized spacial score (nSPS) is 10.7. The first-order valence-corrected chi connectivity index (χ1v) is 11.7. The summed E-state index contributed by atoms with van der Waals surface area (Å²) < 4.78 is 5.80. The number of thiazole rings is 1. The zero-order valence-electron chi connectivity index (χ0n) is 17.1. The Balaban J connectivity index is 1.27. The van der Waals surface area contributed by atoms with Gasteiger partial charge in [-0.1, -0.05) is 59.6 Å². The number of rotatable bonds is 8. The summed E-state index contributed by atoms with van der Waals surface area (Å²) in [6, 6.07) is 22.9. The summed E-state index contributed by atoms with van der Waals surface area (Å²) in [5.74, 6) is 1.38. The van der Waals surface area contributed by atoms with Crippen LogP contribution in [-0.4, -0.2) is 17.4 Å². The van der Waals surface area contributed by atoms with Crippen molar-refractivity contribution >= 4 is 40.4 Å². The molecule has 1 amide bonds. The molecular weight excluding hydrogens is 463 g/mol. The van der Waals surface area contributed by atoms with Crippen molar-refractivity contribution in [3.63, 3.8) is 0 Å². The molecule has 0 aliphatic rings. The molecule has 0 atom stereocenters. The van der Waals surface area contributed by atoms with Gasteiger partial charge >= 0.3 is 0 Å². The van der Waals surface area contributed by atoms with E-state index in [1.165, 1.54) is 11.3 Å². The van der Waals surface area contributed by atoms with Gasteiger partial charge in [-0.3, -0.25) is 4.79 Å². The Morgan fingerprint density at radius 1 is 0.906 bits per heavy atom. The van der Waals surface area contributed by atoms with E-state index in [4.69, 9.17) is 27.9 Å². The highest BCUT2D eigenvalue weighted by atomic mass is 35.5. The number of amides is 1. The van der Waals surface area contributed by atoms with Crippen molar-refractivity contribution in [1.29, 1.82) is 0 Å². The van der Waals surface area contributed by atoms with Crippen molar-refractivity contribution in [1.82, 2.24) is 10.3 Å². The zero-order chi connectivity index (χ0) is 22.3. The highest BCUT2D eigenvalue weighted by Crippen LogP contribution is 2.28. The minimum atomic E-state index is -0.193. The summed E-state index contributed by atoms with van der Waals surface area (Å²) in [6.07, 6.45) is 1.21. The monoisotopic (exact) mass is 482 g/mol. The van der Waals surface area contributed by atoms with E-state index >= 15 is 0 Å². The van der Waals surface area contributed by atoms with Crippen LogP contribution >= 0.6 is 34.5 Å². The number of nitrogens with zero attached hydrogens (tertiary/aromatic N) is 1. The van der Waals surface area contributed by atoms with E-state index in [9.17, 15) is 4.79 Å². The van der Waals surface area contributed by atoms with Crippen LogP contribution in [0, 0.1) is 0 Å². The van der Waals surface area contributed by atoms with Crippen LogP contribution in [0.25, 0.3) is 0 Å². The van der Waals surface area contributed by atoms with Crippen LogP contribution in [-0.2, 0) is 12.8 Å². The standard InChI is InChI=1S/C25H20Cl2N2O2S/c26-21-7-4-8-22(27)20(21)15-24-29-23(16-32-24)25(30)28-14-13-17-9-11-19(12-10-17)31-18-5-2-1-3-6-18/h1-12,16H,13-15H2,(H,28,30). The molecule has 1 heterocycles. The highest BCUT2D eigenvalue weighted by Gasteiger charge is 2.13. The summed E-state index contributed by atoms with van der Waals surface area (Å²) in [7, 11) is 0. The summed E-state index contributed by atoms with van der Waals surface area (Å²) in [5.41, 5.74) is 2.33. The molecule has 32 heavy (non-hydrogen) atoms. The number of carbonyl (C=O) groups excluding carboxylic acids is 1. The second-order valence-electron chi connectivity index (χ2n) is 7.07. The highest BCUT2D eigenvalue weighted by molar-refractivity contribution is 7.09. The fourth-order valence-electron chi connectivity index (χ4n) is 3.11. The van der Waals surface area contributed by atoms with Crippen LogP contribution in [0.2, 0.25) is 10.0 Å². The summed E-state index contributed by atoms with van der Waals surface area (Å²) in [5, 5.41) is 6.66. The fraction of sp³-hybridized carbons (Fsp3) is 0.120. The van der Waals surface area contributed by atoms with Gasteiger partial charge in [-0.2, -0.15) is 0 Å². The predicted octanol–water partition coefficient (Wildman–Crippen LogP) is 6.81. The third-order valence-electron chi connectivity index (χ3n) is 4.78. The van der Waals surface area contributed by atoms with Gasteiger partial charge in [0, 0.05) is 28.4 Å². The van der Waals surface area contributed by atoms with E-state index in [1.54, 1.807) is 23.6 Å². The first-order valence-electron chi connectivity index (χ1n) is 10.1. The molecule has 4 aromatic rings. The summed E-state index contributed by atoms with van der Waals surface area (Å²) in [4.78, 5) is 16.9. The SMILES string of the molecule is O=C(NCCc1ccc(Oc2ccccc2)cc1)c1csc(Cc2c(Cl)cccc2Cl)n1. The number of para-hydroxylation sites is 1. The Morgan fingerprint density at radius 2 is 1.59 bits per heavy atom. The van der Waals surface area contributed by atoms with Crippen LogP contribution in [0.1, 0.15) is 26.6 Å². The van der Waals surface area contributed by atoms with Gasteiger partial charge in [0.25, 0.3) is 5.91 Å². The molecule has 1 N–H and O–H groups in total. The van der Waals surface area contributed by atoms with Crippen LogP contribution < -0.4 is 10.1 Å². The molecule has 0 saturated carbocycles. The number of ether oxygens (including phenoxy) is 1. The molecular formula is C25H20Cl2N2O2S. The van der Waals surface area contributed by atoms with E-state index in [1.807, 2.05) is 54.6 Å². The van der Waals surface area contributed by atoms with Crippen molar-refractivity contribution in [3.8, 4) is 11.5 Å². The Bertz CT molecular complexity index is 1170. The van der Waals surface area contributed by atoms with Crippen molar-refractivity contribution in [2.75, 3.05) is 6.54 Å². The van der Waals surface area contributed by atoms with E-state index in [-0.39, 0.29) is 5.91 Å². The van der Waals surface area contributed by atoms with Gasteiger partial charge in [0.2, 0.25) is 0 Å². The average molecular weight is 483 g/mol. The quantitative estimate of drug-likeness (QED) is 0.300. The van der Waals surface area contributed by atoms with Crippen molar-refractivity contribution in [3.05, 3.63) is 110 Å². The predicted molar refractivity (Wildman–Crippen MR) is 130 cm³/mol. The molecule has 4 nitrogen and oxygen atoms in total. The lowest BCUT2D eigenvalue weighted by Gasteiger charge is -2.07. The maximum absolute atomic E-state index is 12.5. The molecule has 0 fully saturated rings. The summed E-state index contributed by atoms with van der Waals surface area (Å²) in [6.45, 7) is 0.515. The first-order chi connectivity index (χ1) is 15.6. The Kier molecular flexibility index (Phi) is 7.43. The van der Waals surface area contributed by atoms with Crippen molar-refractivity contribution in [2.45, 2.75) is 12.8 Å². The Labute approximate surface area is 200 Å². The number of benzene rings is 3. The molecule has 7 heteroatoms. The molecule has 1 aromatic heterocycles. The first kappa shape index (κ1) is 22.3. The third-order valence-corrected chi connectivity index (χ3v) is 6.33. The molecule has 162 valence electrons. The molecule has 4 rings (SSSR count). The maximum atomic E-state index is 12.5. The molecule has 0 aliphatic heterocycles. The van der Waals surface area contributed by atoms with Gasteiger partial charge in [-0.05, 0) is 53.9 Å². The molecule has 0 unspecified atom stereocenters. The molecule has 0 bridgehead atoms. The van der Waals surface area contributed by atoms with Gasteiger partial charge in [-0.25, -0.2) is 4.98 Å². The number of halogens is 2. The smallest absolute Gasteiger partial charge is 0.270 e. The third kappa shape index (κ3) is 5.88. The van der Waals surface area contributed by atoms with E-state index in [2.05, 4.69) is 10.3 Å². The van der Waals surface area contributed by atoms with Gasteiger partial charge < -0.3 is 10.1 Å². The largest absolute Gasteiger partial charge is 0.457 e. The van der Waals surface area contributed by atoms with E-state index < -0.39 is 0 Å². The van der Waals surface area contributed by atoms with Gasteiger partial charge in [0.1, 0.15) is 17.2 Å².